The van der Waals surface area contributed by atoms with Crippen molar-refractivity contribution in [1.29, 1.82) is 0 Å². The first-order chi connectivity index (χ1) is 13.2. The summed E-state index contributed by atoms with van der Waals surface area (Å²) in [4.78, 5) is 28.0. The van der Waals surface area contributed by atoms with Crippen LogP contribution in [0.15, 0.2) is 12.3 Å². The van der Waals surface area contributed by atoms with E-state index < -0.39 is 0 Å². The fraction of sp³-hybridized carbons (Fsp3) is 0.737. The predicted molar refractivity (Wildman–Crippen MR) is 103 cm³/mol. The largest absolute Gasteiger partial charge is 0.378 e. The Morgan fingerprint density at radius 1 is 1.11 bits per heavy atom. The van der Waals surface area contributed by atoms with E-state index in [-0.39, 0.29) is 5.92 Å². The molecule has 3 fully saturated rings. The molecule has 3 aliphatic heterocycles. The van der Waals surface area contributed by atoms with E-state index in [0.717, 1.165) is 70.8 Å². The van der Waals surface area contributed by atoms with Crippen LogP contribution in [0.25, 0.3) is 0 Å². The van der Waals surface area contributed by atoms with Gasteiger partial charge in [-0.1, -0.05) is 0 Å². The summed E-state index contributed by atoms with van der Waals surface area (Å²) >= 11 is 0. The molecule has 4 rings (SSSR count). The fourth-order valence-electron chi connectivity index (χ4n) is 4.58. The van der Waals surface area contributed by atoms with Gasteiger partial charge in [-0.05, 0) is 38.3 Å². The summed E-state index contributed by atoms with van der Waals surface area (Å²) in [6.07, 6.45) is 6.05. The Morgan fingerprint density at radius 2 is 1.89 bits per heavy atom. The highest BCUT2D eigenvalue weighted by Crippen LogP contribution is 2.26. The molecule has 0 aliphatic carbocycles. The zero-order valence-corrected chi connectivity index (χ0v) is 15.9. The molecule has 4 heterocycles. The number of aromatic nitrogens is 2. The van der Waals surface area contributed by atoms with Gasteiger partial charge in [-0.15, -0.1) is 0 Å². The van der Waals surface area contributed by atoms with E-state index in [4.69, 9.17) is 10.5 Å². The second-order valence-electron chi connectivity index (χ2n) is 7.76. The van der Waals surface area contributed by atoms with Gasteiger partial charge in [0.15, 0.2) is 0 Å². The average molecular weight is 374 g/mol. The molecule has 2 N–H and O–H groups in total. The van der Waals surface area contributed by atoms with Crippen molar-refractivity contribution in [1.82, 2.24) is 19.8 Å². The topological polar surface area (TPSA) is 87.8 Å². The van der Waals surface area contributed by atoms with E-state index >= 15 is 0 Å². The van der Waals surface area contributed by atoms with Gasteiger partial charge in [0.2, 0.25) is 11.9 Å². The number of rotatable bonds is 3. The van der Waals surface area contributed by atoms with E-state index in [0.29, 0.717) is 31.1 Å². The van der Waals surface area contributed by atoms with Gasteiger partial charge in [0.05, 0.1) is 19.1 Å². The normalized spacial score (nSPS) is 25.6. The molecule has 148 valence electrons. The summed E-state index contributed by atoms with van der Waals surface area (Å²) in [5, 5.41) is 0. The third-order valence-electron chi connectivity index (χ3n) is 6.09. The van der Waals surface area contributed by atoms with Crippen LogP contribution in [-0.2, 0) is 9.53 Å². The first-order valence-electron chi connectivity index (χ1n) is 10.1. The molecule has 1 unspecified atom stereocenters. The molecule has 3 saturated heterocycles. The number of likely N-dealkylation sites (tertiary alicyclic amines) is 1. The van der Waals surface area contributed by atoms with E-state index in [1.165, 1.54) is 0 Å². The molecule has 8 heteroatoms. The maximum absolute atomic E-state index is 12.9. The molecule has 1 amide bonds. The molecular formula is C19H30N6O2. The van der Waals surface area contributed by atoms with Crippen LogP contribution in [0, 0.1) is 5.92 Å². The number of carbonyl (C=O) groups excluding carboxylic acids is 1. The van der Waals surface area contributed by atoms with Crippen LogP contribution >= 0.6 is 0 Å². The van der Waals surface area contributed by atoms with Gasteiger partial charge in [-0.2, -0.15) is 4.98 Å². The number of morpholine rings is 1. The number of nitrogen functional groups attached to an aromatic ring is 1. The third kappa shape index (κ3) is 4.32. The number of hydrogen-bond acceptors (Lipinski definition) is 7. The third-order valence-corrected chi connectivity index (χ3v) is 6.09. The molecule has 0 aromatic carbocycles. The Balaban J connectivity index is 1.31. The van der Waals surface area contributed by atoms with Crippen LogP contribution < -0.4 is 10.6 Å². The summed E-state index contributed by atoms with van der Waals surface area (Å²) in [6.45, 7) is 6.80. The molecule has 0 spiro atoms. The summed E-state index contributed by atoms with van der Waals surface area (Å²) in [5.74, 6) is 1.73. The molecule has 0 bridgehead atoms. The average Bonchev–Trinajstić information content (AvgIpc) is 2.74. The lowest BCUT2D eigenvalue weighted by Gasteiger charge is -2.43. The van der Waals surface area contributed by atoms with Crippen molar-refractivity contribution in [3.8, 4) is 0 Å². The highest BCUT2D eigenvalue weighted by atomic mass is 16.5. The fourth-order valence-corrected chi connectivity index (χ4v) is 4.58. The predicted octanol–water partition coefficient (Wildman–Crippen LogP) is 0.598. The molecule has 0 radical (unpaired) electrons. The minimum atomic E-state index is 0.150. The molecule has 27 heavy (non-hydrogen) atoms. The molecule has 1 atom stereocenters. The van der Waals surface area contributed by atoms with Gasteiger partial charge < -0.3 is 20.3 Å². The van der Waals surface area contributed by atoms with Crippen molar-refractivity contribution < 1.29 is 9.53 Å². The Labute approximate surface area is 160 Å². The number of ether oxygens (including phenoxy) is 1. The van der Waals surface area contributed by atoms with Crippen molar-refractivity contribution in [2.45, 2.75) is 31.7 Å². The Bertz CT molecular complexity index is 643. The number of nitrogens with two attached hydrogens (primary N) is 1. The lowest BCUT2D eigenvalue weighted by atomic mass is 9.92. The van der Waals surface area contributed by atoms with Crippen molar-refractivity contribution in [2.24, 2.45) is 5.92 Å². The van der Waals surface area contributed by atoms with Gasteiger partial charge in [0.1, 0.15) is 5.82 Å². The Morgan fingerprint density at radius 3 is 2.63 bits per heavy atom. The van der Waals surface area contributed by atoms with Gasteiger partial charge in [-0.25, -0.2) is 4.98 Å². The lowest BCUT2D eigenvalue weighted by molar-refractivity contribution is -0.141. The maximum Gasteiger partial charge on any atom is 0.227 e. The van der Waals surface area contributed by atoms with Crippen LogP contribution in [0.2, 0.25) is 0 Å². The quantitative estimate of drug-likeness (QED) is 0.829. The van der Waals surface area contributed by atoms with E-state index in [2.05, 4.69) is 19.8 Å². The number of hydrogen-bond donors (Lipinski definition) is 1. The van der Waals surface area contributed by atoms with Gasteiger partial charge in [0, 0.05) is 45.0 Å². The molecule has 3 aliphatic rings. The first kappa shape index (κ1) is 18.4. The zero-order valence-electron chi connectivity index (χ0n) is 15.9. The Hall–Kier alpha value is -1.93. The van der Waals surface area contributed by atoms with Crippen LogP contribution in [0.4, 0.5) is 11.8 Å². The van der Waals surface area contributed by atoms with Crippen molar-refractivity contribution in [3.63, 3.8) is 0 Å². The molecule has 1 aromatic rings. The minimum Gasteiger partial charge on any atom is -0.378 e. The lowest BCUT2D eigenvalue weighted by Crippen LogP contribution is -2.52. The number of amides is 1. The molecule has 0 saturated carbocycles. The minimum absolute atomic E-state index is 0.150. The summed E-state index contributed by atoms with van der Waals surface area (Å²) in [7, 11) is 0. The number of anilines is 2. The zero-order chi connectivity index (χ0) is 18.6. The van der Waals surface area contributed by atoms with E-state index in [1.54, 1.807) is 6.20 Å². The van der Waals surface area contributed by atoms with Gasteiger partial charge in [0.25, 0.3) is 0 Å². The monoisotopic (exact) mass is 374 g/mol. The Kier molecular flexibility index (Phi) is 5.73. The first-order valence-corrected chi connectivity index (χ1v) is 10.1. The second-order valence-corrected chi connectivity index (χ2v) is 7.76. The maximum atomic E-state index is 12.9. The number of nitrogens with zero attached hydrogens (tertiary/aromatic N) is 5. The smallest absolute Gasteiger partial charge is 0.227 e. The van der Waals surface area contributed by atoms with E-state index in [9.17, 15) is 4.79 Å². The van der Waals surface area contributed by atoms with Gasteiger partial charge >= 0.3 is 0 Å². The highest BCUT2D eigenvalue weighted by molar-refractivity contribution is 5.79. The molecule has 8 nitrogen and oxygen atoms in total. The van der Waals surface area contributed by atoms with Crippen LogP contribution in [0.1, 0.15) is 25.7 Å². The number of carbonyl (C=O) groups is 1. The van der Waals surface area contributed by atoms with Crippen molar-refractivity contribution in [2.75, 3.05) is 63.1 Å². The van der Waals surface area contributed by atoms with Gasteiger partial charge in [-0.3, -0.25) is 9.69 Å². The van der Waals surface area contributed by atoms with Crippen LogP contribution in [-0.4, -0.2) is 84.2 Å². The number of piperidine rings is 2. The van der Waals surface area contributed by atoms with Crippen molar-refractivity contribution >= 4 is 17.7 Å². The van der Waals surface area contributed by atoms with Crippen LogP contribution in [0.5, 0.6) is 0 Å². The standard InChI is InChI=1S/C19H30N6O2/c20-19-21-6-3-17(22-19)23-8-4-16(5-9-23)25-7-1-2-15(14-25)18(26)24-10-12-27-13-11-24/h3,6,15-16H,1-2,4-5,7-14H2,(H2,20,21,22). The summed E-state index contributed by atoms with van der Waals surface area (Å²) in [6, 6.07) is 2.48. The highest BCUT2D eigenvalue weighted by Gasteiger charge is 2.34. The van der Waals surface area contributed by atoms with E-state index in [1.807, 2.05) is 11.0 Å². The molecular weight excluding hydrogens is 344 g/mol. The SMILES string of the molecule is Nc1nccc(N2CCC(N3CCCC(C(=O)N4CCOCC4)C3)CC2)n1. The molecule has 1 aromatic heterocycles. The summed E-state index contributed by atoms with van der Waals surface area (Å²) < 4.78 is 5.38. The van der Waals surface area contributed by atoms with Crippen molar-refractivity contribution in [3.05, 3.63) is 12.3 Å². The summed E-state index contributed by atoms with van der Waals surface area (Å²) in [5.41, 5.74) is 5.71. The second kappa shape index (κ2) is 8.39. The van der Waals surface area contributed by atoms with Crippen LogP contribution in [0.3, 0.4) is 0 Å².